The minimum atomic E-state index is -0.978. The minimum Gasteiger partial charge on any atom is -0.452 e. The number of rotatable bonds is 6. The third-order valence-corrected chi connectivity index (χ3v) is 3.76. The van der Waals surface area contributed by atoms with Crippen LogP contribution in [0.2, 0.25) is 5.02 Å². The molecule has 0 atom stereocenters. The standard InChI is InChI=1S/C18H18ClFN2O3/c1-22(2)13-8-6-12(7-9-13)10-21-16(23)11-25-18(24)17-14(19)4-3-5-15(17)20/h3-9H,10-11H2,1-2H3,(H,21,23). The smallest absolute Gasteiger partial charge is 0.343 e. The average molecular weight is 365 g/mol. The van der Waals surface area contributed by atoms with E-state index in [4.69, 9.17) is 16.3 Å². The summed E-state index contributed by atoms with van der Waals surface area (Å²) in [7, 11) is 3.87. The zero-order chi connectivity index (χ0) is 18.4. The summed E-state index contributed by atoms with van der Waals surface area (Å²) in [4.78, 5) is 25.6. The lowest BCUT2D eigenvalue weighted by Gasteiger charge is -2.13. The number of hydrogen-bond acceptors (Lipinski definition) is 4. The van der Waals surface area contributed by atoms with E-state index in [9.17, 15) is 14.0 Å². The molecule has 2 rings (SSSR count). The number of amides is 1. The molecular weight excluding hydrogens is 347 g/mol. The third kappa shape index (κ3) is 5.19. The Balaban J connectivity index is 1.83. The fourth-order valence-corrected chi connectivity index (χ4v) is 2.30. The van der Waals surface area contributed by atoms with Crippen LogP contribution in [-0.2, 0) is 16.1 Å². The Bertz CT molecular complexity index is 743. The lowest BCUT2D eigenvalue weighted by molar-refractivity contribution is -0.124. The molecule has 7 heteroatoms. The number of hydrogen-bond donors (Lipinski definition) is 1. The van der Waals surface area contributed by atoms with Crippen LogP contribution in [0.15, 0.2) is 42.5 Å². The fourth-order valence-electron chi connectivity index (χ4n) is 2.06. The van der Waals surface area contributed by atoms with Crippen molar-refractivity contribution in [2.24, 2.45) is 0 Å². The molecule has 0 bridgehead atoms. The van der Waals surface area contributed by atoms with Gasteiger partial charge in [-0.05, 0) is 29.8 Å². The van der Waals surface area contributed by atoms with Crippen LogP contribution in [0.3, 0.4) is 0 Å². The van der Waals surface area contributed by atoms with Gasteiger partial charge in [0.25, 0.3) is 5.91 Å². The highest BCUT2D eigenvalue weighted by Gasteiger charge is 2.18. The van der Waals surface area contributed by atoms with Crippen LogP contribution >= 0.6 is 11.6 Å². The molecule has 1 N–H and O–H groups in total. The first-order chi connectivity index (χ1) is 11.9. The molecule has 132 valence electrons. The quantitative estimate of drug-likeness (QED) is 0.800. The summed E-state index contributed by atoms with van der Waals surface area (Å²) in [6, 6.07) is 11.5. The van der Waals surface area contributed by atoms with Gasteiger partial charge in [-0.25, -0.2) is 9.18 Å². The molecule has 0 aliphatic rings. The highest BCUT2D eigenvalue weighted by atomic mass is 35.5. The number of nitrogens with one attached hydrogen (secondary N) is 1. The van der Waals surface area contributed by atoms with Crippen LogP contribution in [0.4, 0.5) is 10.1 Å². The van der Waals surface area contributed by atoms with Gasteiger partial charge in [0.2, 0.25) is 0 Å². The largest absolute Gasteiger partial charge is 0.452 e. The maximum atomic E-state index is 13.6. The lowest BCUT2D eigenvalue weighted by atomic mass is 10.2. The first kappa shape index (κ1) is 18.7. The predicted octanol–water partition coefficient (Wildman–Crippen LogP) is 3.02. The Morgan fingerprint density at radius 1 is 1.16 bits per heavy atom. The number of nitrogens with zero attached hydrogens (tertiary/aromatic N) is 1. The van der Waals surface area contributed by atoms with Crippen LogP contribution in [0, 0.1) is 5.82 Å². The molecule has 0 aliphatic heterocycles. The van der Waals surface area contributed by atoms with E-state index in [1.54, 1.807) is 0 Å². The van der Waals surface area contributed by atoms with E-state index in [0.717, 1.165) is 17.3 Å². The maximum Gasteiger partial charge on any atom is 0.343 e. The molecule has 2 aromatic carbocycles. The highest BCUT2D eigenvalue weighted by molar-refractivity contribution is 6.33. The van der Waals surface area contributed by atoms with Gasteiger partial charge in [-0.1, -0.05) is 29.8 Å². The Morgan fingerprint density at radius 3 is 2.44 bits per heavy atom. The second kappa shape index (κ2) is 8.48. The van der Waals surface area contributed by atoms with E-state index in [1.165, 1.54) is 12.1 Å². The number of ether oxygens (including phenoxy) is 1. The molecule has 5 nitrogen and oxygen atoms in total. The van der Waals surface area contributed by atoms with Gasteiger partial charge in [0.05, 0.1) is 5.02 Å². The normalized spacial score (nSPS) is 10.2. The molecule has 0 aliphatic carbocycles. The van der Waals surface area contributed by atoms with Crippen molar-refractivity contribution in [2.75, 3.05) is 25.6 Å². The molecule has 0 radical (unpaired) electrons. The van der Waals surface area contributed by atoms with Crippen molar-refractivity contribution in [2.45, 2.75) is 6.54 Å². The molecule has 0 aromatic heterocycles. The van der Waals surface area contributed by atoms with Crippen LogP contribution in [0.5, 0.6) is 0 Å². The summed E-state index contributed by atoms with van der Waals surface area (Å²) >= 11 is 5.77. The molecule has 25 heavy (non-hydrogen) atoms. The Kier molecular flexibility index (Phi) is 6.36. The van der Waals surface area contributed by atoms with Crippen LogP contribution < -0.4 is 10.2 Å². The van der Waals surface area contributed by atoms with Crippen molar-refractivity contribution in [1.29, 1.82) is 0 Å². The monoisotopic (exact) mass is 364 g/mol. The zero-order valence-electron chi connectivity index (χ0n) is 13.9. The summed E-state index contributed by atoms with van der Waals surface area (Å²) in [5, 5.41) is 2.56. The van der Waals surface area contributed by atoms with E-state index >= 15 is 0 Å². The van der Waals surface area contributed by atoms with Gasteiger partial charge in [0.1, 0.15) is 11.4 Å². The molecule has 0 spiro atoms. The SMILES string of the molecule is CN(C)c1ccc(CNC(=O)COC(=O)c2c(F)cccc2Cl)cc1. The van der Waals surface area contributed by atoms with E-state index in [0.29, 0.717) is 6.54 Å². The van der Waals surface area contributed by atoms with Crippen molar-refractivity contribution in [3.63, 3.8) is 0 Å². The van der Waals surface area contributed by atoms with Crippen LogP contribution in [0.1, 0.15) is 15.9 Å². The fraction of sp³-hybridized carbons (Fsp3) is 0.222. The van der Waals surface area contributed by atoms with E-state index in [2.05, 4.69) is 5.32 Å². The van der Waals surface area contributed by atoms with Crippen LogP contribution in [0.25, 0.3) is 0 Å². The summed E-state index contributed by atoms with van der Waals surface area (Å²) < 4.78 is 18.4. The van der Waals surface area contributed by atoms with Gasteiger partial charge in [0.15, 0.2) is 6.61 Å². The summed E-state index contributed by atoms with van der Waals surface area (Å²) in [6.07, 6.45) is 0. The maximum absolute atomic E-state index is 13.6. The number of carbonyl (C=O) groups is 2. The van der Waals surface area contributed by atoms with Gasteiger partial charge in [-0.3, -0.25) is 4.79 Å². The van der Waals surface area contributed by atoms with Gasteiger partial charge in [0, 0.05) is 26.3 Å². The molecule has 1 amide bonds. The second-order valence-corrected chi connectivity index (χ2v) is 5.92. The molecule has 0 heterocycles. The number of esters is 1. The number of benzene rings is 2. The average Bonchev–Trinajstić information content (AvgIpc) is 2.58. The Labute approximate surface area is 150 Å². The predicted molar refractivity (Wildman–Crippen MR) is 94.3 cm³/mol. The van der Waals surface area contributed by atoms with Crippen molar-refractivity contribution in [1.82, 2.24) is 5.32 Å². The first-order valence-electron chi connectivity index (χ1n) is 7.52. The lowest BCUT2D eigenvalue weighted by Crippen LogP contribution is -2.28. The topological polar surface area (TPSA) is 58.6 Å². The molecule has 0 unspecified atom stereocenters. The van der Waals surface area contributed by atoms with Gasteiger partial charge in [-0.2, -0.15) is 0 Å². The van der Waals surface area contributed by atoms with Gasteiger partial charge >= 0.3 is 5.97 Å². The minimum absolute atomic E-state index is 0.0635. The van der Waals surface area contributed by atoms with Crippen LogP contribution in [-0.4, -0.2) is 32.6 Å². The Hall–Kier alpha value is -2.60. The van der Waals surface area contributed by atoms with E-state index in [-0.39, 0.29) is 10.6 Å². The number of anilines is 1. The van der Waals surface area contributed by atoms with Crippen molar-refractivity contribution >= 4 is 29.2 Å². The molecule has 0 saturated heterocycles. The number of carbonyl (C=O) groups excluding carboxylic acids is 2. The molecular formula is C18H18ClFN2O3. The number of halogens is 2. The van der Waals surface area contributed by atoms with Crippen molar-refractivity contribution in [3.05, 3.63) is 64.4 Å². The highest BCUT2D eigenvalue weighted by Crippen LogP contribution is 2.19. The first-order valence-corrected chi connectivity index (χ1v) is 7.90. The molecule has 0 saturated carbocycles. The zero-order valence-corrected chi connectivity index (χ0v) is 14.6. The molecule has 0 fully saturated rings. The van der Waals surface area contributed by atoms with E-state index < -0.39 is 24.3 Å². The van der Waals surface area contributed by atoms with E-state index in [1.807, 2.05) is 43.3 Å². The summed E-state index contributed by atoms with van der Waals surface area (Å²) in [6.45, 7) is -0.218. The van der Waals surface area contributed by atoms with Gasteiger partial charge < -0.3 is 15.0 Å². The summed E-state index contributed by atoms with van der Waals surface area (Å²) in [5.41, 5.74) is 1.57. The summed E-state index contributed by atoms with van der Waals surface area (Å²) in [5.74, 6) is -2.26. The third-order valence-electron chi connectivity index (χ3n) is 3.44. The molecule has 2 aromatic rings. The van der Waals surface area contributed by atoms with Crippen molar-refractivity contribution < 1.29 is 18.7 Å². The van der Waals surface area contributed by atoms with Crippen molar-refractivity contribution in [3.8, 4) is 0 Å². The Morgan fingerprint density at radius 2 is 1.84 bits per heavy atom. The second-order valence-electron chi connectivity index (χ2n) is 5.51. The van der Waals surface area contributed by atoms with Gasteiger partial charge in [-0.15, -0.1) is 0 Å².